The number of esters is 2. The maximum atomic E-state index is 12.4. The lowest BCUT2D eigenvalue weighted by molar-refractivity contribution is -0.142. The third kappa shape index (κ3) is 5.91. The van der Waals surface area contributed by atoms with Gasteiger partial charge in [-0.05, 0) is 43.7 Å². The van der Waals surface area contributed by atoms with E-state index in [0.717, 1.165) is 42.5 Å². The quantitative estimate of drug-likeness (QED) is 0.814. The molecule has 1 aromatic heterocycles. The van der Waals surface area contributed by atoms with E-state index in [-0.39, 0.29) is 18.5 Å². The molecule has 0 aromatic carbocycles. The van der Waals surface area contributed by atoms with E-state index in [9.17, 15) is 9.59 Å². The molecule has 1 aliphatic carbocycles. The maximum Gasteiger partial charge on any atom is 0.355 e. The first-order valence-electron chi connectivity index (χ1n) is 9.66. The van der Waals surface area contributed by atoms with Crippen LogP contribution in [0, 0.1) is 0 Å². The maximum absolute atomic E-state index is 12.4. The molecule has 1 aromatic rings. The molecule has 0 radical (unpaired) electrons. The first-order chi connectivity index (χ1) is 12.1. The zero-order chi connectivity index (χ0) is 18.1. The molecule has 0 spiro atoms. The van der Waals surface area contributed by atoms with Crippen LogP contribution >= 0.6 is 0 Å². The third-order valence-electron chi connectivity index (χ3n) is 4.81. The van der Waals surface area contributed by atoms with Gasteiger partial charge in [-0.3, -0.25) is 4.79 Å². The van der Waals surface area contributed by atoms with Gasteiger partial charge in [0.25, 0.3) is 0 Å². The highest BCUT2D eigenvalue weighted by Crippen LogP contribution is 2.27. The monoisotopic (exact) mass is 349 g/mol. The molecular formula is C20H31NO4. The second-order valence-corrected chi connectivity index (χ2v) is 6.76. The van der Waals surface area contributed by atoms with Gasteiger partial charge in [-0.1, -0.05) is 38.5 Å². The smallest absolute Gasteiger partial charge is 0.355 e. The Morgan fingerprint density at radius 3 is 2.00 bits per heavy atom. The normalized spacial score (nSPS) is 16.2. The van der Waals surface area contributed by atoms with Crippen molar-refractivity contribution in [3.63, 3.8) is 0 Å². The number of hydrogen-bond acceptors (Lipinski definition) is 4. The second-order valence-electron chi connectivity index (χ2n) is 6.76. The standard InChI is InChI=1S/C20H31NO4/c1-3-24-20(23)19-17-13-11-9-7-5-4-6-8-10-12-16(17)18(21-19)14-25-15(2)22/h21H,3-14H2,1-2H3. The van der Waals surface area contributed by atoms with Crippen LogP contribution in [0.5, 0.6) is 0 Å². The van der Waals surface area contributed by atoms with Gasteiger partial charge in [0, 0.05) is 6.92 Å². The van der Waals surface area contributed by atoms with E-state index in [4.69, 9.17) is 9.47 Å². The predicted octanol–water partition coefficient (Wildman–Crippen LogP) is 4.47. The topological polar surface area (TPSA) is 68.4 Å². The summed E-state index contributed by atoms with van der Waals surface area (Å²) >= 11 is 0. The average molecular weight is 349 g/mol. The Morgan fingerprint density at radius 2 is 1.44 bits per heavy atom. The fourth-order valence-electron chi connectivity index (χ4n) is 3.55. The van der Waals surface area contributed by atoms with E-state index in [2.05, 4.69) is 4.98 Å². The molecule has 0 aliphatic heterocycles. The number of nitrogens with one attached hydrogen (secondary N) is 1. The summed E-state index contributed by atoms with van der Waals surface area (Å²) in [6.45, 7) is 3.76. The van der Waals surface area contributed by atoms with Crippen molar-refractivity contribution in [3.8, 4) is 0 Å². The molecule has 1 N–H and O–H groups in total. The minimum atomic E-state index is -0.311. The molecule has 0 saturated carbocycles. The SMILES string of the molecule is CCOC(=O)c1[nH]c(COC(C)=O)c2c1CCCCCCCCCC2. The van der Waals surface area contributed by atoms with Crippen LogP contribution in [0.2, 0.25) is 0 Å². The van der Waals surface area contributed by atoms with Gasteiger partial charge in [0.15, 0.2) is 0 Å². The molecule has 2 rings (SSSR count). The molecular weight excluding hydrogens is 318 g/mol. The molecule has 0 unspecified atom stereocenters. The van der Waals surface area contributed by atoms with Crippen LogP contribution in [0.4, 0.5) is 0 Å². The number of aromatic amines is 1. The lowest BCUT2D eigenvalue weighted by Crippen LogP contribution is -2.09. The molecule has 0 atom stereocenters. The minimum absolute atomic E-state index is 0.192. The molecule has 140 valence electrons. The highest BCUT2D eigenvalue weighted by Gasteiger charge is 2.23. The summed E-state index contributed by atoms with van der Waals surface area (Å²) in [6, 6.07) is 0. The average Bonchev–Trinajstić information content (AvgIpc) is 2.91. The van der Waals surface area contributed by atoms with Crippen LogP contribution in [0.25, 0.3) is 0 Å². The molecule has 5 nitrogen and oxygen atoms in total. The lowest BCUT2D eigenvalue weighted by atomic mass is 9.95. The summed E-state index contributed by atoms with van der Waals surface area (Å²) < 4.78 is 10.4. The Labute approximate surface area is 150 Å². The van der Waals surface area contributed by atoms with Crippen LogP contribution in [-0.4, -0.2) is 23.5 Å². The third-order valence-corrected chi connectivity index (χ3v) is 4.81. The number of aromatic nitrogens is 1. The molecule has 1 heterocycles. The van der Waals surface area contributed by atoms with Crippen molar-refractivity contribution >= 4 is 11.9 Å². The summed E-state index contributed by atoms with van der Waals surface area (Å²) in [4.78, 5) is 26.8. The molecule has 1 aliphatic rings. The molecule has 0 amide bonds. The van der Waals surface area contributed by atoms with Gasteiger partial charge in [-0.15, -0.1) is 0 Å². The Morgan fingerprint density at radius 1 is 0.880 bits per heavy atom. The predicted molar refractivity (Wildman–Crippen MR) is 96.6 cm³/mol. The summed E-state index contributed by atoms with van der Waals surface area (Å²) in [6.07, 6.45) is 11.5. The van der Waals surface area contributed by atoms with Gasteiger partial charge in [-0.25, -0.2) is 4.79 Å². The van der Waals surface area contributed by atoms with Crippen LogP contribution in [0.15, 0.2) is 0 Å². The van der Waals surface area contributed by atoms with E-state index >= 15 is 0 Å². The largest absolute Gasteiger partial charge is 0.461 e. The Hall–Kier alpha value is -1.78. The van der Waals surface area contributed by atoms with E-state index in [1.54, 1.807) is 0 Å². The van der Waals surface area contributed by atoms with Gasteiger partial charge < -0.3 is 14.5 Å². The van der Waals surface area contributed by atoms with Crippen LogP contribution in [0.1, 0.15) is 92.5 Å². The fourth-order valence-corrected chi connectivity index (χ4v) is 3.55. The Kier molecular flexibility index (Phi) is 8.02. The number of fused-ring (bicyclic) bond motifs is 1. The second kappa shape index (κ2) is 10.3. The summed E-state index contributed by atoms with van der Waals surface area (Å²) in [5, 5.41) is 0. The van der Waals surface area contributed by atoms with Crippen molar-refractivity contribution in [1.29, 1.82) is 0 Å². The van der Waals surface area contributed by atoms with Gasteiger partial charge in [0.05, 0.1) is 12.3 Å². The van der Waals surface area contributed by atoms with Gasteiger partial charge >= 0.3 is 11.9 Å². The summed E-state index contributed by atoms with van der Waals surface area (Å²) in [7, 11) is 0. The van der Waals surface area contributed by atoms with Gasteiger partial charge in [0.2, 0.25) is 0 Å². The minimum Gasteiger partial charge on any atom is -0.461 e. The van der Waals surface area contributed by atoms with E-state index < -0.39 is 0 Å². The molecule has 25 heavy (non-hydrogen) atoms. The number of H-pyrrole nitrogens is 1. The number of rotatable bonds is 4. The highest BCUT2D eigenvalue weighted by molar-refractivity contribution is 5.90. The van der Waals surface area contributed by atoms with E-state index in [1.165, 1.54) is 45.4 Å². The first-order valence-corrected chi connectivity index (χ1v) is 9.66. The summed E-state index contributed by atoms with van der Waals surface area (Å²) in [5.74, 6) is -0.617. The fraction of sp³-hybridized carbons (Fsp3) is 0.700. The lowest BCUT2D eigenvalue weighted by Gasteiger charge is -2.11. The van der Waals surface area contributed by atoms with Gasteiger partial charge in [-0.2, -0.15) is 0 Å². The van der Waals surface area contributed by atoms with Crippen molar-refractivity contribution in [3.05, 3.63) is 22.5 Å². The van der Waals surface area contributed by atoms with Crippen LogP contribution in [0.3, 0.4) is 0 Å². The molecule has 0 fully saturated rings. The Balaban J connectivity index is 2.30. The summed E-state index contributed by atoms with van der Waals surface area (Å²) in [5.41, 5.74) is 3.63. The van der Waals surface area contributed by atoms with Crippen molar-refractivity contribution in [2.24, 2.45) is 0 Å². The zero-order valence-electron chi connectivity index (χ0n) is 15.6. The molecule has 0 bridgehead atoms. The Bertz CT molecular complexity index is 576. The first kappa shape index (κ1) is 19.5. The van der Waals surface area contributed by atoms with Gasteiger partial charge in [0.1, 0.15) is 12.3 Å². The number of carbonyl (C=O) groups is 2. The number of carbonyl (C=O) groups excluding carboxylic acids is 2. The van der Waals surface area contributed by atoms with Crippen LogP contribution in [-0.2, 0) is 33.7 Å². The molecule has 0 saturated heterocycles. The van der Waals surface area contributed by atoms with E-state index in [1.807, 2.05) is 6.92 Å². The molecule has 5 heteroatoms. The van der Waals surface area contributed by atoms with Crippen LogP contribution < -0.4 is 0 Å². The zero-order valence-corrected chi connectivity index (χ0v) is 15.6. The number of hydrogen-bond donors (Lipinski definition) is 1. The van der Waals surface area contributed by atoms with Crippen molar-refractivity contribution < 1.29 is 19.1 Å². The number of ether oxygens (including phenoxy) is 2. The van der Waals surface area contributed by atoms with Crippen molar-refractivity contribution in [2.45, 2.75) is 84.7 Å². The van der Waals surface area contributed by atoms with Crippen molar-refractivity contribution in [1.82, 2.24) is 4.98 Å². The van der Waals surface area contributed by atoms with E-state index in [0.29, 0.717) is 12.3 Å². The highest BCUT2D eigenvalue weighted by atomic mass is 16.5. The van der Waals surface area contributed by atoms with Crippen molar-refractivity contribution in [2.75, 3.05) is 6.61 Å².